The molecule has 4 nitrogen and oxygen atoms in total. The molecule has 1 aromatic heterocycles. The van der Waals surface area contributed by atoms with Gasteiger partial charge in [0.1, 0.15) is 0 Å². The largest absolute Gasteiger partial charge is 0.319 e. The molecule has 18 heavy (non-hydrogen) atoms. The van der Waals surface area contributed by atoms with E-state index in [1.165, 1.54) is 16.7 Å². The Hall–Kier alpha value is -1.68. The van der Waals surface area contributed by atoms with E-state index in [9.17, 15) is 0 Å². The van der Waals surface area contributed by atoms with Gasteiger partial charge in [-0.2, -0.15) is 0 Å². The lowest BCUT2D eigenvalue weighted by Gasteiger charge is -2.18. The highest BCUT2D eigenvalue weighted by Gasteiger charge is 2.18. The number of aryl methyl sites for hydroxylation is 3. The standard InChI is InChI=1S/C14H20N4/c1-4-8-18-12(9-16-17-18)14(15)13-10(2)6-5-7-11(13)3/h5-7,9,14H,4,8,15H2,1-3H3. The highest BCUT2D eigenvalue weighted by atomic mass is 15.4. The maximum absolute atomic E-state index is 6.39. The van der Waals surface area contributed by atoms with Gasteiger partial charge >= 0.3 is 0 Å². The van der Waals surface area contributed by atoms with Crippen molar-refractivity contribution in [1.29, 1.82) is 0 Å². The summed E-state index contributed by atoms with van der Waals surface area (Å²) in [7, 11) is 0. The Bertz CT molecular complexity index is 510. The van der Waals surface area contributed by atoms with Gasteiger partial charge in [-0.15, -0.1) is 5.10 Å². The Labute approximate surface area is 108 Å². The van der Waals surface area contributed by atoms with Crippen LogP contribution in [0.3, 0.4) is 0 Å². The molecule has 0 saturated heterocycles. The summed E-state index contributed by atoms with van der Waals surface area (Å²) in [6.45, 7) is 7.16. The van der Waals surface area contributed by atoms with E-state index in [4.69, 9.17) is 5.73 Å². The molecule has 2 aromatic rings. The summed E-state index contributed by atoms with van der Waals surface area (Å²) in [6, 6.07) is 6.09. The number of nitrogens with zero attached hydrogens (tertiary/aromatic N) is 3. The van der Waals surface area contributed by atoms with Crippen molar-refractivity contribution in [2.75, 3.05) is 0 Å². The number of aromatic nitrogens is 3. The van der Waals surface area contributed by atoms with Gasteiger partial charge in [-0.1, -0.05) is 30.3 Å². The van der Waals surface area contributed by atoms with Crippen LogP contribution in [0.1, 0.15) is 41.8 Å². The molecular formula is C14H20N4. The van der Waals surface area contributed by atoms with Crippen molar-refractivity contribution < 1.29 is 0 Å². The van der Waals surface area contributed by atoms with Crippen LogP contribution >= 0.6 is 0 Å². The maximum atomic E-state index is 6.39. The van der Waals surface area contributed by atoms with E-state index >= 15 is 0 Å². The molecule has 0 amide bonds. The van der Waals surface area contributed by atoms with E-state index in [2.05, 4.69) is 49.3 Å². The van der Waals surface area contributed by atoms with Crippen LogP contribution < -0.4 is 5.73 Å². The van der Waals surface area contributed by atoms with Gasteiger partial charge in [0.25, 0.3) is 0 Å². The van der Waals surface area contributed by atoms with Gasteiger partial charge in [0, 0.05) is 6.54 Å². The fraction of sp³-hybridized carbons (Fsp3) is 0.429. The predicted octanol–water partition coefficient (Wildman–Crippen LogP) is 2.35. The molecule has 0 saturated carbocycles. The van der Waals surface area contributed by atoms with Crippen molar-refractivity contribution in [1.82, 2.24) is 15.0 Å². The number of hydrogen-bond acceptors (Lipinski definition) is 3. The van der Waals surface area contributed by atoms with Gasteiger partial charge in [-0.05, 0) is 37.0 Å². The Morgan fingerprint density at radius 1 is 1.28 bits per heavy atom. The van der Waals surface area contributed by atoms with Crippen molar-refractivity contribution in [3.63, 3.8) is 0 Å². The van der Waals surface area contributed by atoms with Gasteiger partial charge in [0.15, 0.2) is 0 Å². The minimum atomic E-state index is -0.159. The second-order valence-electron chi connectivity index (χ2n) is 4.67. The van der Waals surface area contributed by atoms with Gasteiger partial charge in [-0.3, -0.25) is 0 Å². The van der Waals surface area contributed by atoms with Crippen molar-refractivity contribution >= 4 is 0 Å². The van der Waals surface area contributed by atoms with Crippen molar-refractivity contribution in [2.45, 2.75) is 39.8 Å². The van der Waals surface area contributed by atoms with Gasteiger partial charge < -0.3 is 5.73 Å². The average Bonchev–Trinajstić information content (AvgIpc) is 2.77. The maximum Gasteiger partial charge on any atom is 0.0799 e. The van der Waals surface area contributed by atoms with Gasteiger partial charge in [-0.25, -0.2) is 4.68 Å². The molecule has 0 aliphatic rings. The highest BCUT2D eigenvalue weighted by Crippen LogP contribution is 2.25. The predicted molar refractivity (Wildman–Crippen MR) is 72.3 cm³/mol. The van der Waals surface area contributed by atoms with Crippen LogP contribution in [0.25, 0.3) is 0 Å². The molecule has 96 valence electrons. The van der Waals surface area contributed by atoms with Crippen LogP contribution in [0.4, 0.5) is 0 Å². The van der Waals surface area contributed by atoms with E-state index in [-0.39, 0.29) is 6.04 Å². The number of benzene rings is 1. The Kier molecular flexibility index (Phi) is 3.77. The molecule has 4 heteroatoms. The molecule has 0 radical (unpaired) electrons. The summed E-state index contributed by atoms with van der Waals surface area (Å²) in [5.74, 6) is 0. The molecule has 1 unspecified atom stereocenters. The average molecular weight is 244 g/mol. The minimum absolute atomic E-state index is 0.159. The number of nitrogens with two attached hydrogens (primary N) is 1. The smallest absolute Gasteiger partial charge is 0.0799 e. The van der Waals surface area contributed by atoms with Crippen LogP contribution in [0.15, 0.2) is 24.4 Å². The van der Waals surface area contributed by atoms with Crippen LogP contribution in [0.5, 0.6) is 0 Å². The zero-order valence-corrected chi connectivity index (χ0v) is 11.2. The molecule has 1 aromatic carbocycles. The van der Waals surface area contributed by atoms with Crippen molar-refractivity contribution in [3.05, 3.63) is 46.8 Å². The van der Waals surface area contributed by atoms with Gasteiger partial charge in [0.2, 0.25) is 0 Å². The van der Waals surface area contributed by atoms with E-state index in [0.29, 0.717) is 0 Å². The summed E-state index contributed by atoms with van der Waals surface area (Å²) >= 11 is 0. The third kappa shape index (κ3) is 2.29. The van der Waals surface area contributed by atoms with Crippen molar-refractivity contribution in [3.8, 4) is 0 Å². The molecule has 0 aliphatic heterocycles. The van der Waals surface area contributed by atoms with E-state index in [1.807, 2.05) is 4.68 Å². The van der Waals surface area contributed by atoms with Crippen LogP contribution in [0, 0.1) is 13.8 Å². The molecule has 1 heterocycles. The second kappa shape index (κ2) is 5.31. The highest BCUT2D eigenvalue weighted by molar-refractivity contribution is 5.39. The Morgan fingerprint density at radius 3 is 2.56 bits per heavy atom. The fourth-order valence-corrected chi connectivity index (χ4v) is 2.36. The molecule has 0 aliphatic carbocycles. The molecular weight excluding hydrogens is 224 g/mol. The molecule has 2 N–H and O–H groups in total. The number of rotatable bonds is 4. The van der Waals surface area contributed by atoms with Gasteiger partial charge in [0.05, 0.1) is 17.9 Å². The van der Waals surface area contributed by atoms with Crippen molar-refractivity contribution in [2.24, 2.45) is 5.73 Å². The molecule has 0 bridgehead atoms. The number of hydrogen-bond donors (Lipinski definition) is 1. The first-order valence-corrected chi connectivity index (χ1v) is 6.35. The summed E-state index contributed by atoms with van der Waals surface area (Å²) in [5.41, 5.74) is 11.0. The summed E-state index contributed by atoms with van der Waals surface area (Å²) in [5, 5.41) is 8.08. The second-order valence-corrected chi connectivity index (χ2v) is 4.67. The quantitative estimate of drug-likeness (QED) is 0.898. The monoisotopic (exact) mass is 244 g/mol. The first kappa shape index (κ1) is 12.8. The third-order valence-electron chi connectivity index (χ3n) is 3.25. The lowest BCUT2D eigenvalue weighted by Crippen LogP contribution is -2.19. The Balaban J connectivity index is 2.41. The first-order valence-electron chi connectivity index (χ1n) is 6.35. The SMILES string of the molecule is CCCn1nncc1C(N)c1c(C)cccc1C. The fourth-order valence-electron chi connectivity index (χ4n) is 2.36. The normalized spacial score (nSPS) is 12.7. The molecule has 0 fully saturated rings. The van der Waals surface area contributed by atoms with E-state index in [1.54, 1.807) is 6.20 Å². The molecule has 2 rings (SSSR count). The van der Waals surface area contributed by atoms with Crippen LogP contribution in [-0.2, 0) is 6.54 Å². The summed E-state index contributed by atoms with van der Waals surface area (Å²) < 4.78 is 1.90. The summed E-state index contributed by atoms with van der Waals surface area (Å²) in [4.78, 5) is 0. The molecule has 0 spiro atoms. The Morgan fingerprint density at radius 2 is 1.94 bits per heavy atom. The van der Waals surface area contributed by atoms with E-state index in [0.717, 1.165) is 18.7 Å². The topological polar surface area (TPSA) is 56.7 Å². The minimum Gasteiger partial charge on any atom is -0.319 e. The molecule has 1 atom stereocenters. The van der Waals surface area contributed by atoms with Crippen LogP contribution in [-0.4, -0.2) is 15.0 Å². The third-order valence-corrected chi connectivity index (χ3v) is 3.25. The zero-order valence-electron chi connectivity index (χ0n) is 11.2. The van der Waals surface area contributed by atoms with E-state index < -0.39 is 0 Å². The lowest BCUT2D eigenvalue weighted by atomic mass is 9.95. The lowest BCUT2D eigenvalue weighted by molar-refractivity contribution is 0.542. The summed E-state index contributed by atoms with van der Waals surface area (Å²) in [6.07, 6.45) is 2.79. The first-order chi connectivity index (χ1) is 8.65. The van der Waals surface area contributed by atoms with Crippen LogP contribution in [0.2, 0.25) is 0 Å². The zero-order chi connectivity index (χ0) is 13.1.